The van der Waals surface area contributed by atoms with Crippen molar-refractivity contribution in [2.45, 2.75) is 26.3 Å². The molecule has 0 aliphatic carbocycles. The van der Waals surface area contributed by atoms with Gasteiger partial charge in [-0.1, -0.05) is 16.8 Å². The third-order valence-electron chi connectivity index (χ3n) is 2.40. The van der Waals surface area contributed by atoms with Crippen LogP contribution in [0.5, 0.6) is 5.75 Å². The van der Waals surface area contributed by atoms with Crippen molar-refractivity contribution in [2.24, 2.45) is 0 Å². The molecule has 0 spiro atoms. The van der Waals surface area contributed by atoms with Crippen molar-refractivity contribution in [3.8, 4) is 5.75 Å². The molecular formula is C12H12Cl2N2O2. The van der Waals surface area contributed by atoms with Gasteiger partial charge in [0, 0.05) is 5.02 Å². The summed E-state index contributed by atoms with van der Waals surface area (Å²) in [5.41, 5.74) is 1.95. The number of ether oxygens (including phenoxy) is 1. The van der Waals surface area contributed by atoms with E-state index in [9.17, 15) is 0 Å². The average molecular weight is 287 g/mol. The van der Waals surface area contributed by atoms with E-state index in [1.807, 2.05) is 26.0 Å². The van der Waals surface area contributed by atoms with E-state index in [0.29, 0.717) is 11.7 Å². The Kier molecular flexibility index (Phi) is 4.09. The minimum absolute atomic E-state index is 0.201. The number of aromatic nitrogens is 2. The molecule has 0 unspecified atom stereocenters. The maximum absolute atomic E-state index is 6.08. The van der Waals surface area contributed by atoms with Crippen LogP contribution in [0.2, 0.25) is 5.02 Å². The lowest BCUT2D eigenvalue weighted by Gasteiger charge is -2.08. The second-order valence-corrected chi connectivity index (χ2v) is 4.54. The Hall–Kier alpha value is -1.26. The van der Waals surface area contributed by atoms with Gasteiger partial charge < -0.3 is 9.26 Å². The highest BCUT2D eigenvalue weighted by Gasteiger charge is 2.07. The van der Waals surface area contributed by atoms with Gasteiger partial charge in [0.2, 0.25) is 11.7 Å². The molecule has 1 aromatic heterocycles. The SMILES string of the molecule is Cc1cc(OCc2noc(CCl)n2)cc(C)c1Cl. The van der Waals surface area contributed by atoms with Crippen LogP contribution in [-0.4, -0.2) is 10.1 Å². The smallest absolute Gasteiger partial charge is 0.241 e. The number of benzene rings is 1. The van der Waals surface area contributed by atoms with E-state index in [4.69, 9.17) is 32.5 Å². The van der Waals surface area contributed by atoms with Crippen molar-refractivity contribution in [2.75, 3.05) is 0 Å². The van der Waals surface area contributed by atoms with Gasteiger partial charge in [-0.2, -0.15) is 4.98 Å². The molecule has 96 valence electrons. The molecule has 0 radical (unpaired) electrons. The van der Waals surface area contributed by atoms with Gasteiger partial charge >= 0.3 is 0 Å². The Morgan fingerprint density at radius 2 is 1.94 bits per heavy atom. The number of halogens is 2. The largest absolute Gasteiger partial charge is 0.485 e. The van der Waals surface area contributed by atoms with E-state index < -0.39 is 0 Å². The lowest BCUT2D eigenvalue weighted by Crippen LogP contribution is -1.98. The third-order valence-corrected chi connectivity index (χ3v) is 3.23. The van der Waals surface area contributed by atoms with E-state index in [1.165, 1.54) is 0 Å². The molecule has 6 heteroatoms. The van der Waals surface area contributed by atoms with E-state index in [2.05, 4.69) is 10.1 Å². The van der Waals surface area contributed by atoms with E-state index >= 15 is 0 Å². The van der Waals surface area contributed by atoms with Crippen LogP contribution in [0.15, 0.2) is 16.7 Å². The van der Waals surface area contributed by atoms with Crippen LogP contribution in [0, 0.1) is 13.8 Å². The molecule has 0 saturated heterocycles. The van der Waals surface area contributed by atoms with Crippen LogP contribution < -0.4 is 4.74 Å². The molecule has 0 bridgehead atoms. The average Bonchev–Trinajstić information content (AvgIpc) is 2.81. The molecule has 4 nitrogen and oxygen atoms in total. The maximum atomic E-state index is 6.08. The Morgan fingerprint density at radius 1 is 1.28 bits per heavy atom. The van der Waals surface area contributed by atoms with Gasteiger partial charge in [-0.15, -0.1) is 11.6 Å². The molecule has 1 aromatic carbocycles. The van der Waals surface area contributed by atoms with Crippen LogP contribution in [0.25, 0.3) is 0 Å². The summed E-state index contributed by atoms with van der Waals surface area (Å²) >= 11 is 11.6. The van der Waals surface area contributed by atoms with E-state index in [0.717, 1.165) is 21.9 Å². The second kappa shape index (κ2) is 5.59. The molecule has 2 aromatic rings. The molecule has 0 saturated carbocycles. The number of rotatable bonds is 4. The maximum Gasteiger partial charge on any atom is 0.241 e. The monoisotopic (exact) mass is 286 g/mol. The topological polar surface area (TPSA) is 48.2 Å². The number of alkyl halides is 1. The van der Waals surface area contributed by atoms with Gasteiger partial charge in [0.1, 0.15) is 11.6 Å². The van der Waals surface area contributed by atoms with E-state index in [1.54, 1.807) is 0 Å². The first kappa shape index (κ1) is 13.2. The van der Waals surface area contributed by atoms with Gasteiger partial charge in [0.05, 0.1) is 0 Å². The van der Waals surface area contributed by atoms with Crippen LogP contribution >= 0.6 is 23.2 Å². The summed E-state index contributed by atoms with van der Waals surface area (Å²) in [5.74, 6) is 1.79. The van der Waals surface area contributed by atoms with Crippen LogP contribution in [-0.2, 0) is 12.5 Å². The van der Waals surface area contributed by atoms with Crippen molar-refractivity contribution in [1.82, 2.24) is 10.1 Å². The standard InChI is InChI=1S/C12H12Cl2N2O2/c1-7-3-9(4-8(2)12(7)14)17-6-10-15-11(5-13)18-16-10/h3-4H,5-6H2,1-2H3. The van der Waals surface area contributed by atoms with Gasteiger partial charge in [-0.05, 0) is 37.1 Å². The fourth-order valence-corrected chi connectivity index (χ4v) is 1.76. The Morgan fingerprint density at radius 3 is 2.50 bits per heavy atom. The zero-order valence-electron chi connectivity index (χ0n) is 10.0. The minimum Gasteiger partial charge on any atom is -0.485 e. The summed E-state index contributed by atoms with van der Waals surface area (Å²) in [4.78, 5) is 4.05. The first-order chi connectivity index (χ1) is 8.60. The highest BCUT2D eigenvalue weighted by molar-refractivity contribution is 6.32. The number of hydrogen-bond donors (Lipinski definition) is 0. The molecule has 18 heavy (non-hydrogen) atoms. The summed E-state index contributed by atoms with van der Waals surface area (Å²) in [5, 5.41) is 4.50. The van der Waals surface area contributed by atoms with Crippen LogP contribution in [0.1, 0.15) is 22.8 Å². The predicted molar refractivity (Wildman–Crippen MR) is 69.1 cm³/mol. The van der Waals surface area contributed by atoms with Crippen molar-refractivity contribution in [1.29, 1.82) is 0 Å². The van der Waals surface area contributed by atoms with Gasteiger partial charge in [0.25, 0.3) is 0 Å². The second-order valence-electron chi connectivity index (χ2n) is 3.90. The Balaban J connectivity index is 2.06. The molecule has 2 rings (SSSR count). The number of hydrogen-bond acceptors (Lipinski definition) is 4. The van der Waals surface area contributed by atoms with Crippen LogP contribution in [0.4, 0.5) is 0 Å². The summed E-state index contributed by atoms with van der Waals surface area (Å²) in [6.45, 7) is 4.10. The lowest BCUT2D eigenvalue weighted by molar-refractivity contribution is 0.285. The third kappa shape index (κ3) is 2.94. The van der Waals surface area contributed by atoms with Crippen LogP contribution in [0.3, 0.4) is 0 Å². The fourth-order valence-electron chi connectivity index (χ4n) is 1.54. The highest BCUT2D eigenvalue weighted by Crippen LogP contribution is 2.26. The molecule has 0 amide bonds. The first-order valence-corrected chi connectivity index (χ1v) is 6.28. The molecule has 0 N–H and O–H groups in total. The minimum atomic E-state index is 0.201. The lowest BCUT2D eigenvalue weighted by atomic mass is 10.1. The number of aryl methyl sites for hydroxylation is 2. The summed E-state index contributed by atoms with van der Waals surface area (Å²) < 4.78 is 10.5. The first-order valence-electron chi connectivity index (χ1n) is 5.37. The molecule has 1 heterocycles. The quantitative estimate of drug-likeness (QED) is 0.805. The normalized spacial score (nSPS) is 10.7. The molecule has 0 aliphatic heterocycles. The zero-order chi connectivity index (χ0) is 13.1. The summed E-state index contributed by atoms with van der Waals surface area (Å²) in [6, 6.07) is 3.75. The van der Waals surface area contributed by atoms with Gasteiger partial charge in [-0.25, -0.2) is 0 Å². The molecule has 0 fully saturated rings. The molecule has 0 atom stereocenters. The zero-order valence-corrected chi connectivity index (χ0v) is 11.5. The van der Waals surface area contributed by atoms with Gasteiger partial charge in [-0.3, -0.25) is 0 Å². The Bertz CT molecular complexity index is 532. The number of nitrogens with zero attached hydrogens (tertiary/aromatic N) is 2. The van der Waals surface area contributed by atoms with E-state index in [-0.39, 0.29) is 12.5 Å². The predicted octanol–water partition coefficient (Wildman–Crippen LogP) is 3.66. The summed E-state index contributed by atoms with van der Waals surface area (Å²) in [6.07, 6.45) is 0. The molecule has 0 aliphatic rings. The van der Waals surface area contributed by atoms with Crippen molar-refractivity contribution < 1.29 is 9.26 Å². The summed E-state index contributed by atoms with van der Waals surface area (Å²) in [7, 11) is 0. The Labute approximate surface area is 115 Å². The molecular weight excluding hydrogens is 275 g/mol. The van der Waals surface area contributed by atoms with Crippen molar-refractivity contribution in [3.05, 3.63) is 40.0 Å². The fraction of sp³-hybridized carbons (Fsp3) is 0.333. The van der Waals surface area contributed by atoms with Crippen molar-refractivity contribution in [3.63, 3.8) is 0 Å². The van der Waals surface area contributed by atoms with Crippen molar-refractivity contribution >= 4 is 23.2 Å². The van der Waals surface area contributed by atoms with Gasteiger partial charge in [0.15, 0.2) is 6.61 Å². The highest BCUT2D eigenvalue weighted by atomic mass is 35.5.